The van der Waals surface area contributed by atoms with E-state index >= 15 is 0 Å². The van der Waals surface area contributed by atoms with Gasteiger partial charge in [-0.05, 0) is 36.8 Å². The normalized spacial score (nSPS) is 10.6. The summed E-state index contributed by atoms with van der Waals surface area (Å²) in [7, 11) is 0. The second-order valence-electron chi connectivity index (χ2n) is 5.33. The van der Waals surface area contributed by atoms with Crippen LogP contribution >= 0.6 is 11.6 Å². The zero-order valence-corrected chi connectivity index (χ0v) is 13.7. The van der Waals surface area contributed by atoms with Gasteiger partial charge in [-0.25, -0.2) is 4.98 Å². The van der Waals surface area contributed by atoms with E-state index in [1.54, 1.807) is 36.4 Å². The minimum Gasteiger partial charge on any atom is -0.299 e. The summed E-state index contributed by atoms with van der Waals surface area (Å²) in [5.74, 6) is -0.370. The van der Waals surface area contributed by atoms with Gasteiger partial charge in [-0.3, -0.25) is 25.0 Å². The molecule has 0 bridgehead atoms. The van der Waals surface area contributed by atoms with Crippen LogP contribution in [0.15, 0.2) is 53.6 Å². The Morgan fingerprint density at radius 3 is 2.83 bits per heavy atom. The van der Waals surface area contributed by atoms with Gasteiger partial charge in [-0.2, -0.15) is 0 Å². The number of hydrogen-bond donors (Lipinski definition) is 2. The number of hydrazine groups is 1. The second kappa shape index (κ2) is 6.72. The highest BCUT2D eigenvalue weighted by atomic mass is 35.5. The summed E-state index contributed by atoms with van der Waals surface area (Å²) in [6.07, 6.45) is 1.39. The summed E-state index contributed by atoms with van der Waals surface area (Å²) in [5.41, 5.74) is 7.25. The molecule has 1 aromatic heterocycles. The zero-order valence-electron chi connectivity index (χ0n) is 12.9. The van der Waals surface area contributed by atoms with Crippen molar-refractivity contribution in [1.29, 1.82) is 0 Å². The van der Waals surface area contributed by atoms with Crippen molar-refractivity contribution in [2.24, 2.45) is 0 Å². The van der Waals surface area contributed by atoms with E-state index < -0.39 is 0 Å². The topological polar surface area (TPSA) is 76.0 Å². The molecule has 0 spiro atoms. The van der Waals surface area contributed by atoms with Crippen LogP contribution in [0.2, 0.25) is 5.02 Å². The molecule has 122 valence electrons. The Morgan fingerprint density at radius 2 is 2.04 bits per heavy atom. The number of halogens is 1. The molecule has 0 saturated carbocycles. The Kier molecular flexibility index (Phi) is 4.48. The van der Waals surface area contributed by atoms with E-state index in [1.165, 1.54) is 10.9 Å². The number of carbonyl (C=O) groups excluding carboxylic acids is 1. The Morgan fingerprint density at radius 1 is 1.25 bits per heavy atom. The fourth-order valence-electron chi connectivity index (χ4n) is 2.35. The highest BCUT2D eigenvalue weighted by Crippen LogP contribution is 2.14. The molecule has 3 aromatic rings. The number of nitrogens with one attached hydrogen (secondary N) is 2. The molecule has 0 aliphatic heterocycles. The van der Waals surface area contributed by atoms with Gasteiger partial charge in [0.15, 0.2) is 0 Å². The molecule has 0 atom stereocenters. The minimum absolute atomic E-state index is 0.136. The molecule has 0 aliphatic carbocycles. The van der Waals surface area contributed by atoms with Gasteiger partial charge in [0.2, 0.25) is 0 Å². The number of aryl methyl sites for hydroxylation is 1. The monoisotopic (exact) mass is 342 g/mol. The largest absolute Gasteiger partial charge is 0.299 e. The number of anilines is 1. The molecule has 6 nitrogen and oxygen atoms in total. The first-order valence-electron chi connectivity index (χ1n) is 7.30. The van der Waals surface area contributed by atoms with Crippen LogP contribution in [-0.2, 0) is 11.3 Å². The third-order valence-electron chi connectivity index (χ3n) is 3.54. The van der Waals surface area contributed by atoms with Gasteiger partial charge in [0.1, 0.15) is 6.54 Å². The predicted molar refractivity (Wildman–Crippen MR) is 94.0 cm³/mol. The van der Waals surface area contributed by atoms with E-state index in [4.69, 9.17) is 11.6 Å². The van der Waals surface area contributed by atoms with Gasteiger partial charge in [0, 0.05) is 5.02 Å². The van der Waals surface area contributed by atoms with Crippen molar-refractivity contribution in [3.63, 3.8) is 0 Å². The van der Waals surface area contributed by atoms with Crippen LogP contribution in [0.3, 0.4) is 0 Å². The van der Waals surface area contributed by atoms with Crippen molar-refractivity contribution in [2.75, 3.05) is 5.43 Å². The van der Waals surface area contributed by atoms with Gasteiger partial charge in [0.25, 0.3) is 11.5 Å². The zero-order chi connectivity index (χ0) is 17.1. The van der Waals surface area contributed by atoms with Gasteiger partial charge in [0.05, 0.1) is 22.9 Å². The Hall–Kier alpha value is -2.86. The summed E-state index contributed by atoms with van der Waals surface area (Å²) in [6, 6.07) is 12.3. The fourth-order valence-corrected chi connectivity index (χ4v) is 2.54. The smallest absolute Gasteiger partial charge is 0.261 e. The lowest BCUT2D eigenvalue weighted by molar-refractivity contribution is -0.121. The summed E-state index contributed by atoms with van der Waals surface area (Å²) < 4.78 is 1.27. The van der Waals surface area contributed by atoms with E-state index in [1.807, 2.05) is 13.0 Å². The molecule has 2 N–H and O–H groups in total. The molecule has 0 unspecified atom stereocenters. The number of amides is 1. The number of benzene rings is 2. The van der Waals surface area contributed by atoms with Crippen molar-refractivity contribution in [2.45, 2.75) is 13.5 Å². The third kappa shape index (κ3) is 3.38. The standard InChI is InChI=1S/C17H15ClN4O2/c1-11-4-2-7-14-16(11)19-10-22(17(14)24)9-15(23)21-20-13-6-3-5-12(18)8-13/h2-8,10,20H,9H2,1H3,(H,21,23). The average molecular weight is 343 g/mol. The number of hydrogen-bond acceptors (Lipinski definition) is 4. The molecule has 2 aromatic carbocycles. The first kappa shape index (κ1) is 16.0. The van der Waals surface area contributed by atoms with Crippen molar-refractivity contribution in [1.82, 2.24) is 15.0 Å². The van der Waals surface area contributed by atoms with Crippen LogP contribution in [0, 0.1) is 6.92 Å². The number of rotatable bonds is 4. The van der Waals surface area contributed by atoms with E-state index in [0.29, 0.717) is 21.6 Å². The molecule has 0 fully saturated rings. The lowest BCUT2D eigenvalue weighted by Gasteiger charge is -2.10. The van der Waals surface area contributed by atoms with Gasteiger partial charge in [-0.15, -0.1) is 0 Å². The highest BCUT2D eigenvalue weighted by molar-refractivity contribution is 6.30. The van der Waals surface area contributed by atoms with Crippen LogP contribution in [0.25, 0.3) is 10.9 Å². The average Bonchev–Trinajstić information content (AvgIpc) is 2.56. The Bertz CT molecular complexity index is 968. The van der Waals surface area contributed by atoms with E-state index in [2.05, 4.69) is 15.8 Å². The number of carbonyl (C=O) groups is 1. The van der Waals surface area contributed by atoms with Crippen molar-refractivity contribution in [3.05, 3.63) is 69.7 Å². The first-order chi connectivity index (χ1) is 11.5. The third-order valence-corrected chi connectivity index (χ3v) is 3.78. The Balaban J connectivity index is 1.74. The first-order valence-corrected chi connectivity index (χ1v) is 7.67. The maximum absolute atomic E-state index is 12.4. The van der Waals surface area contributed by atoms with Crippen LogP contribution in [-0.4, -0.2) is 15.5 Å². The molecule has 0 aliphatic rings. The maximum Gasteiger partial charge on any atom is 0.261 e. The SMILES string of the molecule is Cc1cccc2c(=O)n(CC(=O)NNc3cccc(Cl)c3)cnc12. The van der Waals surface area contributed by atoms with Crippen molar-refractivity contribution >= 4 is 34.1 Å². The molecule has 1 heterocycles. The van der Waals surface area contributed by atoms with Crippen LogP contribution in [0.4, 0.5) is 5.69 Å². The van der Waals surface area contributed by atoms with Gasteiger partial charge < -0.3 is 0 Å². The van der Waals surface area contributed by atoms with E-state index in [-0.39, 0.29) is 18.0 Å². The Labute approximate surface area is 143 Å². The predicted octanol–water partition coefficient (Wildman–Crippen LogP) is 2.50. The van der Waals surface area contributed by atoms with E-state index in [9.17, 15) is 9.59 Å². The summed E-state index contributed by atoms with van der Waals surface area (Å²) in [4.78, 5) is 28.7. The second-order valence-corrected chi connectivity index (χ2v) is 5.77. The molecule has 0 radical (unpaired) electrons. The molecule has 0 saturated heterocycles. The quantitative estimate of drug-likeness (QED) is 0.714. The van der Waals surface area contributed by atoms with Gasteiger partial charge in [-0.1, -0.05) is 29.8 Å². The number of nitrogens with zero attached hydrogens (tertiary/aromatic N) is 2. The lowest BCUT2D eigenvalue weighted by Crippen LogP contribution is -2.35. The fraction of sp³-hybridized carbons (Fsp3) is 0.118. The molecular formula is C17H15ClN4O2. The number of aromatic nitrogens is 2. The molecule has 24 heavy (non-hydrogen) atoms. The van der Waals surface area contributed by atoms with Crippen LogP contribution < -0.4 is 16.4 Å². The summed E-state index contributed by atoms with van der Waals surface area (Å²) in [6.45, 7) is 1.75. The molecule has 1 amide bonds. The summed E-state index contributed by atoms with van der Waals surface area (Å²) >= 11 is 5.87. The maximum atomic E-state index is 12.4. The highest BCUT2D eigenvalue weighted by Gasteiger charge is 2.09. The van der Waals surface area contributed by atoms with Crippen molar-refractivity contribution < 1.29 is 4.79 Å². The minimum atomic E-state index is -0.370. The van der Waals surface area contributed by atoms with E-state index in [0.717, 1.165) is 5.56 Å². The number of para-hydroxylation sites is 1. The molecular weight excluding hydrogens is 328 g/mol. The van der Waals surface area contributed by atoms with Crippen molar-refractivity contribution in [3.8, 4) is 0 Å². The lowest BCUT2D eigenvalue weighted by atomic mass is 10.1. The molecule has 7 heteroatoms. The van der Waals surface area contributed by atoms with Crippen LogP contribution in [0.5, 0.6) is 0 Å². The number of fused-ring (bicyclic) bond motifs is 1. The van der Waals surface area contributed by atoms with Crippen LogP contribution in [0.1, 0.15) is 5.56 Å². The molecule has 3 rings (SSSR count). The van der Waals surface area contributed by atoms with Gasteiger partial charge >= 0.3 is 0 Å². The summed E-state index contributed by atoms with van der Waals surface area (Å²) in [5, 5.41) is 1.05.